The zero-order chi connectivity index (χ0) is 14.2. The molecule has 0 heterocycles. The molecule has 0 rings (SSSR count). The molecule has 0 radical (unpaired) electrons. The highest BCUT2D eigenvalue weighted by atomic mass is 28.3. The minimum absolute atomic E-state index is 0.330. The third-order valence-corrected chi connectivity index (χ3v) is 9.18. The molecule has 1 atom stereocenters. The number of allylic oxidation sites excluding steroid dienone is 1. The van der Waals surface area contributed by atoms with E-state index in [1.807, 2.05) is 0 Å². The van der Waals surface area contributed by atoms with Gasteiger partial charge in [-0.15, -0.1) is 0 Å². The van der Waals surface area contributed by atoms with Crippen LogP contribution >= 0.6 is 0 Å². The van der Waals surface area contributed by atoms with Gasteiger partial charge in [0.25, 0.3) is 0 Å². The van der Waals surface area contributed by atoms with Crippen LogP contribution < -0.4 is 5.32 Å². The van der Waals surface area contributed by atoms with Crippen molar-refractivity contribution in [3.63, 3.8) is 0 Å². The predicted octanol–water partition coefficient (Wildman–Crippen LogP) is 3.99. The zero-order valence-electron chi connectivity index (χ0n) is 13.8. The van der Waals surface area contributed by atoms with Crippen molar-refractivity contribution in [3.05, 3.63) is 11.3 Å². The molecule has 0 aromatic heterocycles. The fourth-order valence-electron chi connectivity index (χ4n) is 2.19. The average molecular weight is 286 g/mol. The van der Waals surface area contributed by atoms with Crippen molar-refractivity contribution in [1.82, 2.24) is 5.32 Å². The standard InChI is InChI=1S/C15H35NSi2/c1-14(2)13-18(15(3,4)5)12-10-16-9-8-11-17(6)7/h13,16-18H,8-12H2,1-7H3. The monoisotopic (exact) mass is 285 g/mol. The summed E-state index contributed by atoms with van der Waals surface area (Å²) in [7, 11) is -1.10. The van der Waals surface area contributed by atoms with E-state index in [0.29, 0.717) is 5.04 Å². The van der Waals surface area contributed by atoms with Crippen molar-refractivity contribution >= 4 is 17.6 Å². The van der Waals surface area contributed by atoms with E-state index >= 15 is 0 Å². The zero-order valence-corrected chi connectivity index (χ0v) is 16.1. The van der Waals surface area contributed by atoms with Gasteiger partial charge < -0.3 is 5.32 Å². The molecule has 1 unspecified atom stereocenters. The summed E-state index contributed by atoms with van der Waals surface area (Å²) >= 11 is 0. The summed E-state index contributed by atoms with van der Waals surface area (Å²) in [6.45, 7) is 19.0. The molecule has 0 saturated heterocycles. The van der Waals surface area contributed by atoms with E-state index < -0.39 is 8.80 Å². The normalized spacial score (nSPS) is 13.8. The van der Waals surface area contributed by atoms with Crippen LogP contribution in [0.4, 0.5) is 0 Å². The van der Waals surface area contributed by atoms with Gasteiger partial charge in [0.05, 0.1) is 8.80 Å². The smallest absolute Gasteiger partial charge is 0.0679 e. The maximum absolute atomic E-state index is 3.64. The van der Waals surface area contributed by atoms with Gasteiger partial charge in [0.15, 0.2) is 0 Å². The Morgan fingerprint density at radius 2 is 1.67 bits per heavy atom. The molecule has 0 aliphatic carbocycles. The first-order valence-corrected chi connectivity index (χ1v) is 12.8. The molecule has 0 amide bonds. The highest BCUT2D eigenvalue weighted by molar-refractivity contribution is 6.67. The molecule has 0 saturated carbocycles. The van der Waals surface area contributed by atoms with Gasteiger partial charge in [0, 0.05) is 8.80 Å². The minimum Gasteiger partial charge on any atom is -0.317 e. The van der Waals surface area contributed by atoms with Crippen molar-refractivity contribution in [1.29, 1.82) is 0 Å². The number of hydrogen-bond acceptors (Lipinski definition) is 1. The van der Waals surface area contributed by atoms with E-state index in [2.05, 4.69) is 58.7 Å². The topological polar surface area (TPSA) is 12.0 Å². The highest BCUT2D eigenvalue weighted by Crippen LogP contribution is 2.30. The summed E-state index contributed by atoms with van der Waals surface area (Å²) in [5, 5.41) is 4.16. The lowest BCUT2D eigenvalue weighted by Crippen LogP contribution is -2.29. The molecular formula is C15H35NSi2. The molecule has 0 spiro atoms. The lowest BCUT2D eigenvalue weighted by atomic mass is 10.2. The van der Waals surface area contributed by atoms with E-state index in [-0.39, 0.29) is 8.80 Å². The lowest BCUT2D eigenvalue weighted by molar-refractivity contribution is 0.681. The van der Waals surface area contributed by atoms with Crippen molar-refractivity contribution in [3.8, 4) is 0 Å². The van der Waals surface area contributed by atoms with Crippen LogP contribution in [0.3, 0.4) is 0 Å². The molecule has 0 aromatic rings. The SMILES string of the molecule is CC(C)=C[SiH](CCNCCC[SiH](C)C)C(C)(C)C. The van der Waals surface area contributed by atoms with E-state index in [4.69, 9.17) is 0 Å². The second-order valence-corrected chi connectivity index (χ2v) is 14.5. The second-order valence-electron chi connectivity index (χ2n) is 7.29. The highest BCUT2D eigenvalue weighted by Gasteiger charge is 2.23. The van der Waals surface area contributed by atoms with E-state index in [9.17, 15) is 0 Å². The molecule has 1 nitrogen and oxygen atoms in total. The van der Waals surface area contributed by atoms with Gasteiger partial charge in [-0.05, 0) is 44.4 Å². The molecule has 0 aromatic carbocycles. The quantitative estimate of drug-likeness (QED) is 0.525. The van der Waals surface area contributed by atoms with Crippen LogP contribution in [0, 0.1) is 0 Å². The largest absolute Gasteiger partial charge is 0.317 e. The van der Waals surface area contributed by atoms with Gasteiger partial charge >= 0.3 is 0 Å². The first-order valence-electron chi connectivity index (χ1n) is 7.59. The Kier molecular flexibility index (Phi) is 9.17. The third-order valence-electron chi connectivity index (χ3n) is 3.41. The fourth-order valence-corrected chi connectivity index (χ4v) is 6.06. The Morgan fingerprint density at radius 3 is 2.11 bits per heavy atom. The predicted molar refractivity (Wildman–Crippen MR) is 92.3 cm³/mol. The summed E-state index contributed by atoms with van der Waals surface area (Å²) in [5.74, 6) is 0. The van der Waals surface area contributed by atoms with Crippen LogP contribution in [-0.2, 0) is 0 Å². The molecule has 1 N–H and O–H groups in total. The Labute approximate surface area is 119 Å². The number of rotatable bonds is 8. The molecule has 18 heavy (non-hydrogen) atoms. The molecule has 3 heteroatoms. The summed E-state index contributed by atoms with van der Waals surface area (Å²) in [6, 6.07) is 2.88. The van der Waals surface area contributed by atoms with Crippen molar-refractivity contribution in [2.75, 3.05) is 13.1 Å². The van der Waals surface area contributed by atoms with Crippen molar-refractivity contribution in [2.24, 2.45) is 0 Å². The minimum atomic E-state index is -0.767. The summed E-state index contributed by atoms with van der Waals surface area (Å²) in [4.78, 5) is 0. The average Bonchev–Trinajstić information content (AvgIpc) is 2.18. The summed E-state index contributed by atoms with van der Waals surface area (Å²) in [5.41, 5.74) is 4.09. The molecule has 0 aliphatic heterocycles. The first-order chi connectivity index (χ1) is 8.23. The van der Waals surface area contributed by atoms with Gasteiger partial charge in [-0.1, -0.05) is 51.2 Å². The molecular weight excluding hydrogens is 250 g/mol. The van der Waals surface area contributed by atoms with Crippen LogP contribution in [0.1, 0.15) is 41.0 Å². The first kappa shape index (κ1) is 18.1. The van der Waals surface area contributed by atoms with Crippen LogP contribution in [-0.4, -0.2) is 30.7 Å². The lowest BCUT2D eigenvalue weighted by Gasteiger charge is -2.27. The van der Waals surface area contributed by atoms with Crippen molar-refractivity contribution in [2.45, 2.75) is 71.3 Å². The molecule has 0 aliphatic rings. The van der Waals surface area contributed by atoms with E-state index in [0.717, 1.165) is 0 Å². The number of hydrogen-bond donors (Lipinski definition) is 1. The van der Waals surface area contributed by atoms with Crippen molar-refractivity contribution < 1.29 is 0 Å². The number of nitrogens with one attached hydrogen (secondary N) is 1. The Hall–Kier alpha value is 0.134. The summed E-state index contributed by atoms with van der Waals surface area (Å²) in [6.07, 6.45) is 1.38. The maximum atomic E-state index is 3.64. The molecule has 0 fully saturated rings. The van der Waals surface area contributed by atoms with Crippen LogP contribution in [0.15, 0.2) is 11.3 Å². The fraction of sp³-hybridized carbons (Fsp3) is 0.867. The Bertz CT molecular complexity index is 237. The van der Waals surface area contributed by atoms with Gasteiger partial charge in [-0.2, -0.15) is 0 Å². The van der Waals surface area contributed by atoms with E-state index in [1.54, 1.807) is 0 Å². The van der Waals surface area contributed by atoms with Gasteiger partial charge in [-0.3, -0.25) is 0 Å². The maximum Gasteiger partial charge on any atom is 0.0679 e. The second kappa shape index (κ2) is 9.10. The van der Waals surface area contributed by atoms with Crippen LogP contribution in [0.5, 0.6) is 0 Å². The Balaban J connectivity index is 3.89. The van der Waals surface area contributed by atoms with E-state index in [1.165, 1.54) is 37.2 Å². The summed E-state index contributed by atoms with van der Waals surface area (Å²) < 4.78 is 0. The third kappa shape index (κ3) is 10.1. The molecule has 0 bridgehead atoms. The van der Waals surface area contributed by atoms with Gasteiger partial charge in [0.2, 0.25) is 0 Å². The van der Waals surface area contributed by atoms with Crippen LogP contribution in [0.25, 0.3) is 0 Å². The van der Waals surface area contributed by atoms with Gasteiger partial charge in [0.1, 0.15) is 0 Å². The molecule has 108 valence electrons. The van der Waals surface area contributed by atoms with Crippen LogP contribution in [0.2, 0.25) is 30.2 Å². The Morgan fingerprint density at radius 1 is 1.06 bits per heavy atom. The van der Waals surface area contributed by atoms with Gasteiger partial charge in [-0.25, -0.2) is 0 Å².